The molecule has 0 aromatic heterocycles. The Morgan fingerprint density at radius 2 is 1.54 bits per heavy atom. The highest BCUT2D eigenvalue weighted by molar-refractivity contribution is 5.25. The fourth-order valence-corrected chi connectivity index (χ4v) is 1.15. The first-order chi connectivity index (χ1) is 5.95. The van der Waals surface area contributed by atoms with Crippen LogP contribution in [-0.4, -0.2) is 0 Å². The Bertz CT molecular complexity index is 283. The quantitative estimate of drug-likeness (QED) is 0.658. The molecule has 2 heteroatoms. The molecule has 72 valence electrons. The molecule has 0 aliphatic heterocycles. The van der Waals surface area contributed by atoms with Crippen molar-refractivity contribution >= 4 is 0 Å². The van der Waals surface area contributed by atoms with Crippen LogP contribution in [0.5, 0.6) is 0 Å². The molecule has 0 nitrogen and oxygen atoms in total. The molecule has 0 fully saturated rings. The SMILES string of the molecule is CCC(C)(C)c1cc(F)cc(F)c1. The maximum absolute atomic E-state index is 12.9. The zero-order valence-electron chi connectivity index (χ0n) is 8.20. The van der Waals surface area contributed by atoms with Crippen LogP contribution >= 0.6 is 0 Å². The van der Waals surface area contributed by atoms with Crippen molar-refractivity contribution in [3.8, 4) is 0 Å². The molecule has 0 bridgehead atoms. The van der Waals surface area contributed by atoms with Gasteiger partial charge in [-0.05, 0) is 29.5 Å². The molecule has 13 heavy (non-hydrogen) atoms. The molecule has 0 amide bonds. The molecule has 1 rings (SSSR count). The Labute approximate surface area is 77.6 Å². The molecule has 0 radical (unpaired) electrons. The number of benzene rings is 1. The molecular formula is C11H14F2. The Morgan fingerprint density at radius 3 is 1.92 bits per heavy atom. The van der Waals surface area contributed by atoms with E-state index >= 15 is 0 Å². The van der Waals surface area contributed by atoms with Crippen molar-refractivity contribution in [1.82, 2.24) is 0 Å². The van der Waals surface area contributed by atoms with Gasteiger partial charge >= 0.3 is 0 Å². The number of rotatable bonds is 2. The molecule has 0 saturated carbocycles. The minimum atomic E-state index is -0.503. The molecule has 1 aromatic carbocycles. The van der Waals surface area contributed by atoms with Crippen LogP contribution in [0.3, 0.4) is 0 Å². The van der Waals surface area contributed by atoms with Crippen molar-refractivity contribution in [2.24, 2.45) is 0 Å². The molecular weight excluding hydrogens is 170 g/mol. The average molecular weight is 184 g/mol. The predicted molar refractivity (Wildman–Crippen MR) is 49.7 cm³/mol. The van der Waals surface area contributed by atoms with Crippen LogP contribution in [0.1, 0.15) is 32.8 Å². The second-order valence-corrected chi connectivity index (χ2v) is 3.90. The maximum atomic E-state index is 12.9. The van der Waals surface area contributed by atoms with Crippen molar-refractivity contribution in [3.05, 3.63) is 35.4 Å². The smallest absolute Gasteiger partial charge is 0.126 e. The summed E-state index contributed by atoms with van der Waals surface area (Å²) in [7, 11) is 0. The van der Waals surface area contributed by atoms with Crippen molar-refractivity contribution in [3.63, 3.8) is 0 Å². The highest BCUT2D eigenvalue weighted by atomic mass is 19.1. The van der Waals surface area contributed by atoms with Gasteiger partial charge in [0.1, 0.15) is 11.6 Å². The molecule has 0 heterocycles. The van der Waals surface area contributed by atoms with E-state index in [1.165, 1.54) is 12.1 Å². The summed E-state index contributed by atoms with van der Waals surface area (Å²) >= 11 is 0. The predicted octanol–water partition coefficient (Wildman–Crippen LogP) is 3.65. The molecule has 1 aromatic rings. The van der Waals surface area contributed by atoms with E-state index in [1.807, 2.05) is 20.8 Å². The molecule has 0 N–H and O–H groups in total. The van der Waals surface area contributed by atoms with Crippen LogP contribution in [0.4, 0.5) is 8.78 Å². The fraction of sp³-hybridized carbons (Fsp3) is 0.455. The normalized spacial score (nSPS) is 11.8. The molecule has 0 atom stereocenters. The number of hydrogen-bond acceptors (Lipinski definition) is 0. The number of halogens is 2. The van der Waals surface area contributed by atoms with Crippen molar-refractivity contribution in [2.45, 2.75) is 32.6 Å². The van der Waals surface area contributed by atoms with Gasteiger partial charge in [0.15, 0.2) is 0 Å². The van der Waals surface area contributed by atoms with Crippen molar-refractivity contribution in [1.29, 1.82) is 0 Å². The minimum Gasteiger partial charge on any atom is -0.207 e. The van der Waals surface area contributed by atoms with Crippen molar-refractivity contribution < 1.29 is 8.78 Å². The lowest BCUT2D eigenvalue weighted by molar-refractivity contribution is 0.491. The van der Waals surface area contributed by atoms with Gasteiger partial charge in [-0.25, -0.2) is 8.78 Å². The molecule has 0 saturated heterocycles. The summed E-state index contributed by atoms with van der Waals surface area (Å²) in [5, 5.41) is 0. The third-order valence-corrected chi connectivity index (χ3v) is 2.53. The topological polar surface area (TPSA) is 0 Å². The lowest BCUT2D eigenvalue weighted by Gasteiger charge is -2.23. The summed E-state index contributed by atoms with van der Waals surface area (Å²) in [4.78, 5) is 0. The van der Waals surface area contributed by atoms with Crippen molar-refractivity contribution in [2.75, 3.05) is 0 Å². The van der Waals surface area contributed by atoms with Crippen LogP contribution in [0.25, 0.3) is 0 Å². The molecule has 0 spiro atoms. The van der Waals surface area contributed by atoms with Gasteiger partial charge in [-0.1, -0.05) is 20.8 Å². The summed E-state index contributed by atoms with van der Waals surface area (Å²) in [6.45, 7) is 5.95. The maximum Gasteiger partial charge on any atom is 0.126 e. The Hall–Kier alpha value is -0.920. The monoisotopic (exact) mass is 184 g/mol. The lowest BCUT2D eigenvalue weighted by Crippen LogP contribution is -2.15. The average Bonchev–Trinajstić information content (AvgIpc) is 2.02. The molecule has 0 unspecified atom stereocenters. The van der Waals surface area contributed by atoms with Crippen LogP contribution in [0, 0.1) is 11.6 Å². The van der Waals surface area contributed by atoms with E-state index in [-0.39, 0.29) is 5.41 Å². The zero-order chi connectivity index (χ0) is 10.1. The first kappa shape index (κ1) is 10.2. The van der Waals surface area contributed by atoms with E-state index in [0.717, 1.165) is 12.5 Å². The van der Waals surface area contributed by atoms with Gasteiger partial charge in [0, 0.05) is 6.07 Å². The van der Waals surface area contributed by atoms with E-state index in [4.69, 9.17) is 0 Å². The zero-order valence-corrected chi connectivity index (χ0v) is 8.20. The Kier molecular flexibility index (Phi) is 2.69. The Balaban J connectivity index is 3.15. The lowest BCUT2D eigenvalue weighted by atomic mass is 9.82. The molecule has 0 aliphatic carbocycles. The van der Waals surface area contributed by atoms with Gasteiger partial charge in [0.25, 0.3) is 0 Å². The third kappa shape index (κ3) is 2.27. The van der Waals surface area contributed by atoms with Crippen LogP contribution in [0.2, 0.25) is 0 Å². The second kappa shape index (κ2) is 3.44. The largest absolute Gasteiger partial charge is 0.207 e. The van der Waals surface area contributed by atoms with Gasteiger partial charge in [-0.15, -0.1) is 0 Å². The summed E-state index contributed by atoms with van der Waals surface area (Å²) in [5.41, 5.74) is 0.552. The summed E-state index contributed by atoms with van der Waals surface area (Å²) in [6, 6.07) is 3.69. The van der Waals surface area contributed by atoms with E-state index in [9.17, 15) is 8.78 Å². The van der Waals surface area contributed by atoms with Crippen LogP contribution in [0.15, 0.2) is 18.2 Å². The van der Waals surface area contributed by atoms with Gasteiger partial charge in [0.05, 0.1) is 0 Å². The Morgan fingerprint density at radius 1 is 1.08 bits per heavy atom. The highest BCUT2D eigenvalue weighted by Crippen LogP contribution is 2.27. The van der Waals surface area contributed by atoms with E-state index in [2.05, 4.69) is 0 Å². The first-order valence-electron chi connectivity index (χ1n) is 4.42. The van der Waals surface area contributed by atoms with Gasteiger partial charge in [-0.2, -0.15) is 0 Å². The van der Waals surface area contributed by atoms with E-state index in [0.29, 0.717) is 5.56 Å². The van der Waals surface area contributed by atoms with E-state index < -0.39 is 11.6 Å². The summed E-state index contributed by atoms with van der Waals surface area (Å²) < 4.78 is 25.7. The molecule has 0 aliphatic rings. The standard InChI is InChI=1S/C11H14F2/c1-4-11(2,3)8-5-9(12)7-10(13)6-8/h5-7H,4H2,1-3H3. The van der Waals surface area contributed by atoms with E-state index in [1.54, 1.807) is 0 Å². The van der Waals surface area contributed by atoms with Gasteiger partial charge < -0.3 is 0 Å². The van der Waals surface area contributed by atoms with Crippen LogP contribution in [-0.2, 0) is 5.41 Å². The fourth-order valence-electron chi connectivity index (χ4n) is 1.15. The van der Waals surface area contributed by atoms with Gasteiger partial charge in [0.2, 0.25) is 0 Å². The summed E-state index contributed by atoms with van der Waals surface area (Å²) in [5.74, 6) is -1.01. The minimum absolute atomic E-state index is 0.164. The summed E-state index contributed by atoms with van der Waals surface area (Å²) in [6.07, 6.45) is 0.857. The third-order valence-electron chi connectivity index (χ3n) is 2.53. The van der Waals surface area contributed by atoms with Gasteiger partial charge in [-0.3, -0.25) is 0 Å². The first-order valence-corrected chi connectivity index (χ1v) is 4.42. The second-order valence-electron chi connectivity index (χ2n) is 3.90. The van der Waals surface area contributed by atoms with Crippen LogP contribution < -0.4 is 0 Å². The number of hydrogen-bond donors (Lipinski definition) is 0. The highest BCUT2D eigenvalue weighted by Gasteiger charge is 2.19.